The molecule has 1 atom stereocenters. The van der Waals surface area contributed by atoms with Crippen LogP contribution in [0.4, 0.5) is 0 Å². The van der Waals surface area contributed by atoms with Crippen LogP contribution in [0.1, 0.15) is 21.3 Å². The van der Waals surface area contributed by atoms with E-state index in [1.165, 1.54) is 11.3 Å². The average molecular weight is 317 g/mol. The molecule has 1 saturated heterocycles. The molecular formula is C16H19N3O2S. The molecule has 22 heavy (non-hydrogen) atoms. The minimum absolute atomic E-state index is 0.0653. The van der Waals surface area contributed by atoms with Crippen molar-refractivity contribution >= 4 is 17.2 Å². The highest BCUT2D eigenvalue weighted by atomic mass is 32.1. The number of benzene rings is 1. The third-order valence-electron chi connectivity index (χ3n) is 4.08. The maximum Gasteiger partial charge on any atom is 0.265 e. The molecule has 1 aromatic carbocycles. The van der Waals surface area contributed by atoms with E-state index in [4.69, 9.17) is 4.74 Å². The Balaban J connectivity index is 1.83. The molecule has 1 aromatic heterocycles. The van der Waals surface area contributed by atoms with Gasteiger partial charge in [-0.2, -0.15) is 0 Å². The quantitative estimate of drug-likeness (QED) is 0.871. The normalized spacial score (nSPS) is 19.2. The number of methoxy groups -OCH3 is 1. The van der Waals surface area contributed by atoms with Crippen molar-refractivity contribution in [2.24, 2.45) is 0 Å². The summed E-state index contributed by atoms with van der Waals surface area (Å²) in [6, 6.07) is 8.15. The summed E-state index contributed by atoms with van der Waals surface area (Å²) in [6.07, 6.45) is 1.64. The van der Waals surface area contributed by atoms with Crippen LogP contribution in [0.2, 0.25) is 0 Å². The van der Waals surface area contributed by atoms with Gasteiger partial charge in [0.1, 0.15) is 10.6 Å². The maximum atomic E-state index is 12.5. The van der Waals surface area contributed by atoms with Crippen molar-refractivity contribution in [1.82, 2.24) is 14.8 Å². The van der Waals surface area contributed by atoms with E-state index in [1.54, 1.807) is 18.8 Å². The highest BCUT2D eigenvalue weighted by molar-refractivity contribution is 7.11. The summed E-state index contributed by atoms with van der Waals surface area (Å²) in [5.74, 6) is 0.932. The van der Waals surface area contributed by atoms with Crippen LogP contribution in [0.3, 0.4) is 0 Å². The van der Waals surface area contributed by atoms with Gasteiger partial charge in [0, 0.05) is 25.2 Å². The first kappa shape index (κ1) is 15.0. The Kier molecular flexibility index (Phi) is 4.40. The predicted octanol–water partition coefficient (Wildman–Crippen LogP) is 2.28. The lowest BCUT2D eigenvalue weighted by molar-refractivity contribution is 0.0546. The van der Waals surface area contributed by atoms with E-state index < -0.39 is 0 Å². The van der Waals surface area contributed by atoms with Gasteiger partial charge in [0.2, 0.25) is 0 Å². The summed E-state index contributed by atoms with van der Waals surface area (Å²) in [4.78, 5) is 21.4. The van der Waals surface area contributed by atoms with Crippen molar-refractivity contribution in [1.29, 1.82) is 0 Å². The lowest BCUT2D eigenvalue weighted by atomic mass is 10.0. The van der Waals surface area contributed by atoms with E-state index in [9.17, 15) is 4.79 Å². The molecule has 0 saturated carbocycles. The van der Waals surface area contributed by atoms with Gasteiger partial charge in [-0.25, -0.2) is 0 Å². The van der Waals surface area contributed by atoms with Crippen LogP contribution in [-0.2, 0) is 0 Å². The number of likely N-dealkylation sites (N-methyl/N-ethyl adjacent to an activating group) is 1. The molecule has 0 spiro atoms. The fraction of sp³-hybridized carbons (Fsp3) is 0.375. The lowest BCUT2D eigenvalue weighted by Crippen LogP contribution is -2.48. The Morgan fingerprint density at radius 3 is 2.91 bits per heavy atom. The number of hydrogen-bond donors (Lipinski definition) is 0. The van der Waals surface area contributed by atoms with Gasteiger partial charge in [-0.05, 0) is 13.1 Å². The van der Waals surface area contributed by atoms with Crippen LogP contribution in [0.5, 0.6) is 5.75 Å². The van der Waals surface area contributed by atoms with Crippen LogP contribution in [0.25, 0.3) is 0 Å². The fourth-order valence-corrected chi connectivity index (χ4v) is 3.40. The molecule has 2 aromatic rings. The molecule has 1 aliphatic rings. The summed E-state index contributed by atoms with van der Waals surface area (Å²) in [6.45, 7) is 2.24. The van der Waals surface area contributed by atoms with E-state index in [1.807, 2.05) is 23.1 Å². The number of hydrogen-bond acceptors (Lipinski definition) is 5. The van der Waals surface area contributed by atoms with Gasteiger partial charge >= 0.3 is 0 Å². The number of para-hydroxylation sites is 1. The Labute approximate surface area is 134 Å². The van der Waals surface area contributed by atoms with Crippen molar-refractivity contribution in [2.75, 3.05) is 33.8 Å². The number of amides is 1. The Bertz CT molecular complexity index is 645. The molecule has 6 heteroatoms. The maximum absolute atomic E-state index is 12.5. The van der Waals surface area contributed by atoms with Gasteiger partial charge < -0.3 is 9.64 Å². The first-order chi connectivity index (χ1) is 10.7. The number of nitrogens with zero attached hydrogens (tertiary/aromatic N) is 3. The van der Waals surface area contributed by atoms with Crippen molar-refractivity contribution in [2.45, 2.75) is 6.04 Å². The standard InChI is InChI=1S/C16H19N3O2S/c1-18-7-8-19(16(20)15-9-17-11-22-15)10-13(18)12-5-3-4-6-14(12)21-2/h3-6,9,11,13H,7-8,10H2,1-2H3. The molecule has 0 N–H and O–H groups in total. The molecule has 2 heterocycles. The summed E-state index contributed by atoms with van der Waals surface area (Å²) in [5, 5.41) is 0. The Morgan fingerprint density at radius 1 is 1.36 bits per heavy atom. The minimum atomic E-state index is 0.0653. The van der Waals surface area contributed by atoms with Crippen molar-refractivity contribution in [3.05, 3.63) is 46.4 Å². The van der Waals surface area contributed by atoms with E-state index >= 15 is 0 Å². The Hall–Kier alpha value is -1.92. The number of thiazole rings is 1. The number of carbonyl (C=O) groups is 1. The van der Waals surface area contributed by atoms with Gasteiger partial charge in [-0.1, -0.05) is 18.2 Å². The lowest BCUT2D eigenvalue weighted by Gasteiger charge is -2.39. The zero-order chi connectivity index (χ0) is 15.5. The molecular weight excluding hydrogens is 298 g/mol. The molecule has 0 aliphatic carbocycles. The molecule has 116 valence electrons. The van der Waals surface area contributed by atoms with Crippen LogP contribution < -0.4 is 4.74 Å². The molecule has 0 bridgehead atoms. The van der Waals surface area contributed by atoms with Gasteiger partial charge in [-0.3, -0.25) is 14.7 Å². The van der Waals surface area contributed by atoms with E-state index in [0.717, 1.165) is 24.4 Å². The van der Waals surface area contributed by atoms with E-state index in [2.05, 4.69) is 23.0 Å². The van der Waals surface area contributed by atoms with Gasteiger partial charge in [0.25, 0.3) is 5.91 Å². The number of rotatable bonds is 3. The first-order valence-corrected chi connectivity index (χ1v) is 8.09. The minimum Gasteiger partial charge on any atom is -0.496 e. The zero-order valence-electron chi connectivity index (χ0n) is 12.7. The summed E-state index contributed by atoms with van der Waals surface area (Å²) in [7, 11) is 3.77. The molecule has 1 amide bonds. The summed E-state index contributed by atoms with van der Waals surface area (Å²) >= 11 is 1.39. The van der Waals surface area contributed by atoms with Gasteiger partial charge in [-0.15, -0.1) is 11.3 Å². The second-order valence-electron chi connectivity index (χ2n) is 5.36. The molecule has 1 aliphatic heterocycles. The SMILES string of the molecule is COc1ccccc1C1CN(C(=O)c2cncs2)CCN1C. The largest absolute Gasteiger partial charge is 0.496 e. The zero-order valence-corrected chi connectivity index (χ0v) is 13.5. The van der Waals surface area contributed by atoms with Crippen molar-refractivity contribution < 1.29 is 9.53 Å². The molecule has 0 radical (unpaired) electrons. The highest BCUT2D eigenvalue weighted by Crippen LogP contribution is 2.31. The second kappa shape index (κ2) is 6.46. The number of piperazine rings is 1. The molecule has 1 fully saturated rings. The van der Waals surface area contributed by atoms with Crippen LogP contribution in [0, 0.1) is 0 Å². The van der Waals surface area contributed by atoms with Crippen molar-refractivity contribution in [3.63, 3.8) is 0 Å². The fourth-order valence-electron chi connectivity index (χ4n) is 2.81. The van der Waals surface area contributed by atoms with Crippen LogP contribution in [0.15, 0.2) is 36.0 Å². The topological polar surface area (TPSA) is 45.7 Å². The van der Waals surface area contributed by atoms with Crippen LogP contribution in [-0.4, -0.2) is 54.5 Å². The Morgan fingerprint density at radius 2 is 2.18 bits per heavy atom. The number of ether oxygens (including phenoxy) is 1. The highest BCUT2D eigenvalue weighted by Gasteiger charge is 2.30. The monoisotopic (exact) mass is 317 g/mol. The summed E-state index contributed by atoms with van der Waals surface area (Å²) < 4.78 is 5.48. The van der Waals surface area contributed by atoms with Crippen LogP contribution >= 0.6 is 11.3 Å². The molecule has 3 rings (SSSR count). The van der Waals surface area contributed by atoms with Gasteiger partial charge in [0.15, 0.2) is 0 Å². The third kappa shape index (κ3) is 2.84. The number of aromatic nitrogens is 1. The van der Waals surface area contributed by atoms with E-state index in [0.29, 0.717) is 11.4 Å². The first-order valence-electron chi connectivity index (χ1n) is 7.21. The number of carbonyl (C=O) groups excluding carboxylic acids is 1. The van der Waals surface area contributed by atoms with Gasteiger partial charge in [0.05, 0.1) is 24.9 Å². The van der Waals surface area contributed by atoms with Crippen molar-refractivity contribution in [3.8, 4) is 5.75 Å². The second-order valence-corrected chi connectivity index (χ2v) is 6.24. The smallest absolute Gasteiger partial charge is 0.265 e. The predicted molar refractivity (Wildman–Crippen MR) is 86.4 cm³/mol. The average Bonchev–Trinajstić information content (AvgIpc) is 3.09. The van der Waals surface area contributed by atoms with E-state index in [-0.39, 0.29) is 11.9 Å². The summed E-state index contributed by atoms with van der Waals surface area (Å²) in [5.41, 5.74) is 2.82. The molecule has 5 nitrogen and oxygen atoms in total. The molecule has 1 unspecified atom stereocenters. The third-order valence-corrected chi connectivity index (χ3v) is 4.84.